The van der Waals surface area contributed by atoms with Crippen molar-refractivity contribution >= 4 is 23.2 Å². The molecule has 7 nitrogen and oxygen atoms in total. The number of carbonyl (C=O) groups is 2. The number of fused-ring (bicyclic) bond motifs is 1. The van der Waals surface area contributed by atoms with Crippen molar-refractivity contribution in [2.24, 2.45) is 0 Å². The van der Waals surface area contributed by atoms with Crippen molar-refractivity contribution in [2.45, 2.75) is 12.8 Å². The number of nitrogens with one attached hydrogen (secondary N) is 1. The zero-order chi connectivity index (χ0) is 19.9. The summed E-state index contributed by atoms with van der Waals surface area (Å²) in [7, 11) is 3.08. The van der Waals surface area contributed by atoms with Gasteiger partial charge < -0.3 is 24.4 Å². The van der Waals surface area contributed by atoms with E-state index in [1.807, 2.05) is 12.1 Å². The molecule has 0 atom stereocenters. The lowest BCUT2D eigenvalue weighted by Crippen LogP contribution is -2.37. The number of benzene rings is 2. The van der Waals surface area contributed by atoms with Crippen molar-refractivity contribution in [3.05, 3.63) is 48.0 Å². The van der Waals surface area contributed by atoms with E-state index < -0.39 is 0 Å². The van der Waals surface area contributed by atoms with Crippen molar-refractivity contribution < 1.29 is 23.8 Å². The lowest BCUT2D eigenvalue weighted by molar-refractivity contribution is -0.122. The fourth-order valence-electron chi connectivity index (χ4n) is 3.17. The van der Waals surface area contributed by atoms with Gasteiger partial charge in [0.2, 0.25) is 0 Å². The van der Waals surface area contributed by atoms with Crippen LogP contribution in [0.15, 0.2) is 42.5 Å². The highest BCUT2D eigenvalue weighted by molar-refractivity contribution is 5.96. The molecule has 2 aromatic carbocycles. The number of hydrogen-bond acceptors (Lipinski definition) is 5. The van der Waals surface area contributed by atoms with Crippen LogP contribution in [-0.2, 0) is 20.7 Å². The van der Waals surface area contributed by atoms with Gasteiger partial charge in [0.15, 0.2) is 6.61 Å². The Labute approximate surface area is 164 Å². The molecule has 0 aliphatic carbocycles. The molecule has 148 valence electrons. The first kappa shape index (κ1) is 19.7. The smallest absolute Gasteiger partial charge is 0.262 e. The van der Waals surface area contributed by atoms with E-state index in [2.05, 4.69) is 5.32 Å². The third-order valence-electron chi connectivity index (χ3n) is 4.46. The van der Waals surface area contributed by atoms with Gasteiger partial charge in [0.1, 0.15) is 18.1 Å². The Morgan fingerprint density at radius 3 is 2.68 bits per heavy atom. The maximum absolute atomic E-state index is 12.2. The average molecular weight is 384 g/mol. The van der Waals surface area contributed by atoms with Crippen molar-refractivity contribution in [1.82, 2.24) is 0 Å². The van der Waals surface area contributed by atoms with Gasteiger partial charge in [0.25, 0.3) is 11.8 Å². The van der Waals surface area contributed by atoms with Crippen molar-refractivity contribution in [3.63, 3.8) is 0 Å². The summed E-state index contributed by atoms with van der Waals surface area (Å²) in [6, 6.07) is 12.7. The van der Waals surface area contributed by atoms with E-state index in [0.717, 1.165) is 24.1 Å². The molecule has 0 unspecified atom stereocenters. The number of methoxy groups -OCH3 is 2. The van der Waals surface area contributed by atoms with Gasteiger partial charge >= 0.3 is 0 Å². The van der Waals surface area contributed by atoms with Gasteiger partial charge in [0.05, 0.1) is 7.11 Å². The molecular formula is C21H24N2O5. The highest BCUT2D eigenvalue weighted by atomic mass is 16.5. The first-order chi connectivity index (χ1) is 13.6. The zero-order valence-electron chi connectivity index (χ0n) is 16.1. The van der Waals surface area contributed by atoms with Crippen LogP contribution < -0.4 is 19.7 Å². The van der Waals surface area contributed by atoms with E-state index in [9.17, 15) is 9.59 Å². The second kappa shape index (κ2) is 9.23. The van der Waals surface area contributed by atoms with Crippen molar-refractivity contribution in [2.75, 3.05) is 44.2 Å². The highest BCUT2D eigenvalue weighted by Gasteiger charge is 2.22. The van der Waals surface area contributed by atoms with Crippen molar-refractivity contribution in [3.8, 4) is 11.5 Å². The Morgan fingerprint density at radius 1 is 1.07 bits per heavy atom. The van der Waals surface area contributed by atoms with Gasteiger partial charge in [-0.05, 0) is 48.7 Å². The van der Waals surface area contributed by atoms with E-state index in [1.54, 1.807) is 42.3 Å². The van der Waals surface area contributed by atoms with E-state index in [4.69, 9.17) is 14.2 Å². The van der Waals surface area contributed by atoms with Gasteiger partial charge in [0, 0.05) is 31.1 Å². The molecule has 28 heavy (non-hydrogen) atoms. The quantitative estimate of drug-likeness (QED) is 0.794. The molecule has 2 amide bonds. The molecule has 0 spiro atoms. The predicted molar refractivity (Wildman–Crippen MR) is 106 cm³/mol. The summed E-state index contributed by atoms with van der Waals surface area (Å²) in [5.74, 6) is 0.908. The monoisotopic (exact) mass is 384 g/mol. The minimum atomic E-state index is -0.258. The Hall–Kier alpha value is -3.06. The van der Waals surface area contributed by atoms with Crippen LogP contribution in [0, 0.1) is 0 Å². The highest BCUT2D eigenvalue weighted by Crippen LogP contribution is 2.30. The molecule has 2 aromatic rings. The van der Waals surface area contributed by atoms with Crippen LogP contribution in [0.1, 0.15) is 12.0 Å². The second-order valence-electron chi connectivity index (χ2n) is 6.44. The molecule has 0 radical (unpaired) electrons. The number of rotatable bonds is 7. The lowest BCUT2D eigenvalue weighted by Gasteiger charge is -2.29. The van der Waals surface area contributed by atoms with Crippen LogP contribution in [0.2, 0.25) is 0 Å². The minimum absolute atomic E-state index is 0.0551. The van der Waals surface area contributed by atoms with Gasteiger partial charge in [-0.2, -0.15) is 0 Å². The Kier molecular flexibility index (Phi) is 6.49. The third-order valence-corrected chi connectivity index (χ3v) is 4.46. The zero-order valence-corrected chi connectivity index (χ0v) is 16.1. The van der Waals surface area contributed by atoms with Crippen LogP contribution in [-0.4, -0.2) is 45.8 Å². The molecule has 1 N–H and O–H groups in total. The SMILES string of the molecule is COCC(=O)N1CCCc2cc(NC(=O)COc3cccc(OC)c3)ccc21. The van der Waals surface area contributed by atoms with Crippen LogP contribution in [0.25, 0.3) is 0 Å². The molecule has 1 aliphatic heterocycles. The summed E-state index contributed by atoms with van der Waals surface area (Å²) in [4.78, 5) is 26.1. The maximum atomic E-state index is 12.2. The second-order valence-corrected chi connectivity index (χ2v) is 6.44. The third kappa shape index (κ3) is 4.80. The summed E-state index contributed by atoms with van der Waals surface area (Å²) in [6.45, 7) is 0.623. The van der Waals surface area contributed by atoms with Crippen LogP contribution in [0.5, 0.6) is 11.5 Å². The first-order valence-electron chi connectivity index (χ1n) is 9.09. The molecule has 0 fully saturated rings. The summed E-state index contributed by atoms with van der Waals surface area (Å²) in [5, 5.41) is 2.84. The number of ether oxygens (including phenoxy) is 3. The Balaban J connectivity index is 1.61. The standard InChI is InChI=1S/C21H24N2O5/c1-26-14-21(25)23-10-4-5-15-11-16(8-9-19(15)23)22-20(24)13-28-18-7-3-6-17(12-18)27-2/h3,6-9,11-12H,4-5,10,13-14H2,1-2H3,(H,22,24). The van der Waals surface area contributed by atoms with Crippen LogP contribution >= 0.6 is 0 Å². The molecule has 0 bridgehead atoms. The number of carbonyl (C=O) groups excluding carboxylic acids is 2. The lowest BCUT2D eigenvalue weighted by atomic mass is 10.0. The molecule has 0 aromatic heterocycles. The minimum Gasteiger partial charge on any atom is -0.497 e. The fraction of sp³-hybridized carbons (Fsp3) is 0.333. The normalized spacial score (nSPS) is 12.9. The largest absolute Gasteiger partial charge is 0.497 e. The van der Waals surface area contributed by atoms with E-state index in [-0.39, 0.29) is 25.0 Å². The Morgan fingerprint density at radius 2 is 1.89 bits per heavy atom. The number of amides is 2. The average Bonchev–Trinajstić information content (AvgIpc) is 2.72. The van der Waals surface area contributed by atoms with Gasteiger partial charge in [-0.3, -0.25) is 9.59 Å². The number of hydrogen-bond donors (Lipinski definition) is 1. The summed E-state index contributed by atoms with van der Waals surface area (Å²) in [6.07, 6.45) is 1.73. The van der Waals surface area contributed by atoms with Crippen LogP contribution in [0.4, 0.5) is 11.4 Å². The summed E-state index contributed by atoms with van der Waals surface area (Å²) in [5.41, 5.74) is 2.58. The van der Waals surface area contributed by atoms with Gasteiger partial charge in [-0.25, -0.2) is 0 Å². The molecule has 3 rings (SSSR count). The summed E-state index contributed by atoms with van der Waals surface area (Å²) >= 11 is 0. The number of nitrogens with zero attached hydrogens (tertiary/aromatic N) is 1. The molecular weight excluding hydrogens is 360 g/mol. The van der Waals surface area contributed by atoms with E-state index in [0.29, 0.717) is 23.7 Å². The molecule has 1 heterocycles. The number of anilines is 2. The Bertz CT molecular complexity index is 852. The number of aryl methyl sites for hydroxylation is 1. The van der Waals surface area contributed by atoms with Crippen LogP contribution in [0.3, 0.4) is 0 Å². The summed E-state index contributed by atoms with van der Waals surface area (Å²) < 4.78 is 15.6. The topological polar surface area (TPSA) is 77.1 Å². The molecule has 1 aliphatic rings. The van der Waals surface area contributed by atoms with Gasteiger partial charge in [-0.1, -0.05) is 6.07 Å². The predicted octanol–water partition coefficient (Wildman–Crippen LogP) is 2.64. The van der Waals surface area contributed by atoms with E-state index in [1.165, 1.54) is 7.11 Å². The van der Waals surface area contributed by atoms with Gasteiger partial charge in [-0.15, -0.1) is 0 Å². The van der Waals surface area contributed by atoms with Crippen molar-refractivity contribution in [1.29, 1.82) is 0 Å². The molecule has 7 heteroatoms. The fourth-order valence-corrected chi connectivity index (χ4v) is 3.17. The first-order valence-corrected chi connectivity index (χ1v) is 9.09. The van der Waals surface area contributed by atoms with E-state index >= 15 is 0 Å². The molecule has 0 saturated carbocycles. The maximum Gasteiger partial charge on any atom is 0.262 e. The molecule has 0 saturated heterocycles.